The SMILES string of the molecule is CC(CO)NS(=O)(=O)c1cc(Cl)cc(N)c1Br. The van der Waals surface area contributed by atoms with Gasteiger partial charge in [-0.15, -0.1) is 0 Å². The Balaban J connectivity index is 3.24. The van der Waals surface area contributed by atoms with Crippen LogP contribution in [0.2, 0.25) is 5.02 Å². The van der Waals surface area contributed by atoms with Gasteiger partial charge in [-0.3, -0.25) is 0 Å². The maximum Gasteiger partial charge on any atom is 0.242 e. The first kappa shape index (κ1) is 14.7. The molecule has 0 saturated heterocycles. The molecule has 1 aromatic rings. The van der Waals surface area contributed by atoms with Crippen molar-refractivity contribution in [2.45, 2.75) is 17.9 Å². The molecule has 17 heavy (non-hydrogen) atoms. The molecule has 0 aliphatic rings. The Labute approximate surface area is 113 Å². The highest BCUT2D eigenvalue weighted by Crippen LogP contribution is 2.31. The first-order chi connectivity index (χ1) is 7.77. The standard InChI is InChI=1S/C9H12BrClN2O3S/c1-5(4-14)13-17(15,16)8-3-6(11)2-7(12)9(8)10/h2-3,5,13-14H,4,12H2,1H3. The molecule has 4 N–H and O–H groups in total. The van der Waals surface area contributed by atoms with Gasteiger partial charge in [0.15, 0.2) is 0 Å². The molecule has 0 amide bonds. The molecule has 1 rings (SSSR count). The molecule has 1 atom stereocenters. The van der Waals surface area contributed by atoms with E-state index in [0.29, 0.717) is 0 Å². The van der Waals surface area contributed by atoms with Gasteiger partial charge in [0.25, 0.3) is 0 Å². The highest BCUT2D eigenvalue weighted by Gasteiger charge is 2.21. The predicted octanol–water partition coefficient (Wildman–Crippen LogP) is 1.34. The third kappa shape index (κ3) is 3.56. The highest BCUT2D eigenvalue weighted by molar-refractivity contribution is 9.10. The topological polar surface area (TPSA) is 92.4 Å². The molecular weight excluding hydrogens is 332 g/mol. The first-order valence-corrected chi connectivity index (χ1v) is 7.31. The van der Waals surface area contributed by atoms with E-state index in [4.69, 9.17) is 22.4 Å². The molecule has 1 unspecified atom stereocenters. The normalized spacial score (nSPS) is 13.6. The molecule has 0 fully saturated rings. The van der Waals surface area contributed by atoms with Crippen molar-refractivity contribution in [2.24, 2.45) is 0 Å². The highest BCUT2D eigenvalue weighted by atomic mass is 79.9. The molecule has 0 saturated carbocycles. The molecule has 1 aromatic carbocycles. The number of nitrogens with one attached hydrogen (secondary N) is 1. The van der Waals surface area contributed by atoms with Crippen molar-refractivity contribution in [1.82, 2.24) is 4.72 Å². The lowest BCUT2D eigenvalue weighted by Crippen LogP contribution is -2.35. The van der Waals surface area contributed by atoms with Crippen LogP contribution in [0.25, 0.3) is 0 Å². The van der Waals surface area contributed by atoms with Crippen LogP contribution in [-0.2, 0) is 10.0 Å². The maximum atomic E-state index is 12.0. The van der Waals surface area contributed by atoms with Crippen LogP contribution in [0.4, 0.5) is 5.69 Å². The Morgan fingerprint density at radius 1 is 1.59 bits per heavy atom. The summed E-state index contributed by atoms with van der Waals surface area (Å²) < 4.78 is 26.5. The molecule has 0 spiro atoms. The van der Waals surface area contributed by atoms with Gasteiger partial charge in [-0.2, -0.15) is 0 Å². The Hall–Kier alpha value is -0.340. The molecule has 0 aliphatic carbocycles. The second-order valence-corrected chi connectivity index (χ2v) is 6.42. The number of nitrogen functional groups attached to an aromatic ring is 1. The fourth-order valence-electron chi connectivity index (χ4n) is 1.15. The van der Waals surface area contributed by atoms with E-state index in [0.717, 1.165) is 0 Å². The zero-order valence-electron chi connectivity index (χ0n) is 8.94. The summed E-state index contributed by atoms with van der Waals surface area (Å²) in [5.74, 6) is 0. The summed E-state index contributed by atoms with van der Waals surface area (Å²) >= 11 is 8.85. The number of nitrogens with two attached hydrogens (primary N) is 1. The van der Waals surface area contributed by atoms with E-state index in [9.17, 15) is 8.42 Å². The summed E-state index contributed by atoms with van der Waals surface area (Å²) in [5, 5.41) is 9.06. The molecule has 0 bridgehead atoms. The lowest BCUT2D eigenvalue weighted by Gasteiger charge is -2.13. The Morgan fingerprint density at radius 2 is 2.18 bits per heavy atom. The number of hydrogen-bond acceptors (Lipinski definition) is 4. The summed E-state index contributed by atoms with van der Waals surface area (Å²) in [5.41, 5.74) is 5.84. The summed E-state index contributed by atoms with van der Waals surface area (Å²) in [6, 6.07) is 2.14. The van der Waals surface area contributed by atoms with Crippen LogP contribution in [0.15, 0.2) is 21.5 Å². The third-order valence-electron chi connectivity index (χ3n) is 1.95. The number of halogens is 2. The molecule has 0 aromatic heterocycles. The lowest BCUT2D eigenvalue weighted by molar-refractivity contribution is 0.265. The zero-order chi connectivity index (χ0) is 13.2. The summed E-state index contributed by atoms with van der Waals surface area (Å²) in [6.07, 6.45) is 0. The first-order valence-electron chi connectivity index (χ1n) is 4.65. The van der Waals surface area contributed by atoms with E-state index >= 15 is 0 Å². The van der Waals surface area contributed by atoms with E-state index in [-0.39, 0.29) is 26.7 Å². The summed E-state index contributed by atoms with van der Waals surface area (Å²) in [7, 11) is -3.77. The van der Waals surface area contributed by atoms with Gasteiger partial charge < -0.3 is 10.8 Å². The van der Waals surface area contributed by atoms with E-state index < -0.39 is 16.1 Å². The van der Waals surface area contributed by atoms with Crippen LogP contribution >= 0.6 is 27.5 Å². The number of hydrogen-bond donors (Lipinski definition) is 3. The molecule has 0 aliphatic heterocycles. The van der Waals surface area contributed by atoms with Gasteiger partial charge in [-0.25, -0.2) is 13.1 Å². The smallest absolute Gasteiger partial charge is 0.242 e. The Kier molecular flexibility index (Phi) is 4.79. The van der Waals surface area contributed by atoms with Gasteiger partial charge >= 0.3 is 0 Å². The van der Waals surface area contributed by atoms with E-state index in [1.54, 1.807) is 6.92 Å². The fraction of sp³-hybridized carbons (Fsp3) is 0.333. The zero-order valence-corrected chi connectivity index (χ0v) is 12.1. The third-order valence-corrected chi connectivity index (χ3v) is 4.93. The largest absolute Gasteiger partial charge is 0.398 e. The summed E-state index contributed by atoms with van der Waals surface area (Å²) in [6.45, 7) is 1.24. The second kappa shape index (κ2) is 5.53. The number of rotatable bonds is 4. The number of sulfonamides is 1. The molecular formula is C9H12BrClN2O3S. The van der Waals surface area contributed by atoms with Crippen molar-refractivity contribution < 1.29 is 13.5 Å². The van der Waals surface area contributed by atoms with Crippen LogP contribution in [0.1, 0.15) is 6.92 Å². The quantitative estimate of drug-likeness (QED) is 0.719. The van der Waals surface area contributed by atoms with Crippen LogP contribution in [0.3, 0.4) is 0 Å². The summed E-state index contributed by atoms with van der Waals surface area (Å²) in [4.78, 5) is -0.0530. The van der Waals surface area contributed by atoms with E-state index in [2.05, 4.69) is 20.7 Å². The second-order valence-electron chi connectivity index (χ2n) is 3.51. The minimum absolute atomic E-state index is 0.0530. The van der Waals surface area contributed by atoms with Crippen molar-refractivity contribution in [3.05, 3.63) is 21.6 Å². The van der Waals surface area contributed by atoms with Gasteiger partial charge in [0.05, 0.1) is 16.0 Å². The minimum atomic E-state index is -3.77. The lowest BCUT2D eigenvalue weighted by atomic mass is 10.3. The van der Waals surface area contributed by atoms with Crippen LogP contribution < -0.4 is 10.5 Å². The molecule has 96 valence electrons. The maximum absolute atomic E-state index is 12.0. The average Bonchev–Trinajstić information content (AvgIpc) is 2.22. The monoisotopic (exact) mass is 342 g/mol. The average molecular weight is 344 g/mol. The molecule has 5 nitrogen and oxygen atoms in total. The fourth-order valence-corrected chi connectivity index (χ4v) is 3.67. The molecule has 8 heteroatoms. The number of aliphatic hydroxyl groups is 1. The Bertz CT molecular complexity index is 521. The predicted molar refractivity (Wildman–Crippen MR) is 70.4 cm³/mol. The van der Waals surface area contributed by atoms with E-state index in [1.807, 2.05) is 0 Å². The van der Waals surface area contributed by atoms with Gasteiger partial charge in [0, 0.05) is 16.8 Å². The Morgan fingerprint density at radius 3 is 2.71 bits per heavy atom. The van der Waals surface area contributed by atoms with Crippen molar-refractivity contribution in [1.29, 1.82) is 0 Å². The van der Waals surface area contributed by atoms with Gasteiger partial charge in [0.2, 0.25) is 10.0 Å². The van der Waals surface area contributed by atoms with Crippen LogP contribution in [0, 0.1) is 0 Å². The van der Waals surface area contributed by atoms with E-state index in [1.165, 1.54) is 12.1 Å². The van der Waals surface area contributed by atoms with Crippen molar-refractivity contribution in [3.8, 4) is 0 Å². The minimum Gasteiger partial charge on any atom is -0.398 e. The van der Waals surface area contributed by atoms with Crippen LogP contribution in [-0.4, -0.2) is 26.2 Å². The number of anilines is 1. The van der Waals surface area contributed by atoms with Gasteiger partial charge in [-0.1, -0.05) is 11.6 Å². The van der Waals surface area contributed by atoms with Gasteiger partial charge in [-0.05, 0) is 35.0 Å². The number of aliphatic hydroxyl groups excluding tert-OH is 1. The molecule has 0 radical (unpaired) electrons. The van der Waals surface area contributed by atoms with Crippen molar-refractivity contribution >= 4 is 43.2 Å². The number of benzene rings is 1. The van der Waals surface area contributed by atoms with Crippen molar-refractivity contribution in [3.63, 3.8) is 0 Å². The van der Waals surface area contributed by atoms with Gasteiger partial charge in [0.1, 0.15) is 0 Å². The molecule has 0 heterocycles. The van der Waals surface area contributed by atoms with Crippen LogP contribution in [0.5, 0.6) is 0 Å². The van der Waals surface area contributed by atoms with Crippen molar-refractivity contribution in [2.75, 3.05) is 12.3 Å².